The molecular weight excluding hydrogens is 282 g/mol. The van der Waals surface area contributed by atoms with Crippen molar-refractivity contribution < 1.29 is 4.42 Å². The van der Waals surface area contributed by atoms with E-state index in [-0.39, 0.29) is 25.2 Å². The largest absolute Gasteiger partial charge is 0.456 e. The summed E-state index contributed by atoms with van der Waals surface area (Å²) in [7, 11) is 0. The first kappa shape index (κ1) is 12.7. The minimum absolute atomic E-state index is 0. The van der Waals surface area contributed by atoms with Crippen molar-refractivity contribution in [1.29, 1.82) is 0 Å². The summed E-state index contributed by atoms with van der Waals surface area (Å²) in [6.45, 7) is 0. The minimum atomic E-state index is -0.00861. The summed E-state index contributed by atoms with van der Waals surface area (Å²) < 4.78 is 5.73. The second-order valence-corrected chi connectivity index (χ2v) is 3.84. The summed E-state index contributed by atoms with van der Waals surface area (Å²) in [4.78, 5) is 11.9. The molecule has 3 heteroatoms. The minimum Gasteiger partial charge on any atom is -0.456 e. The molecule has 0 aliphatic carbocycles. The van der Waals surface area contributed by atoms with Crippen molar-refractivity contribution in [2.45, 2.75) is 0 Å². The molecule has 3 radical (unpaired) electrons. The van der Waals surface area contributed by atoms with Crippen molar-refractivity contribution >= 4 is 30.8 Å². The van der Waals surface area contributed by atoms with Gasteiger partial charge in [0.2, 0.25) is 0 Å². The molecular formula is C15H10GaO2. The van der Waals surface area contributed by atoms with Gasteiger partial charge in [0.05, 0.1) is 5.39 Å². The number of hydrogen-bond acceptors (Lipinski definition) is 2. The van der Waals surface area contributed by atoms with Gasteiger partial charge in [0, 0.05) is 31.4 Å². The van der Waals surface area contributed by atoms with Gasteiger partial charge in [-0.2, -0.15) is 0 Å². The fraction of sp³-hybridized carbons (Fsp3) is 0. The zero-order valence-electron chi connectivity index (χ0n) is 9.67. The number of fused-ring (bicyclic) bond motifs is 1. The monoisotopic (exact) mass is 291 g/mol. The van der Waals surface area contributed by atoms with Gasteiger partial charge in [-0.05, 0) is 12.1 Å². The Kier molecular flexibility index (Phi) is 3.74. The molecule has 0 spiro atoms. The second-order valence-electron chi connectivity index (χ2n) is 3.84. The Morgan fingerprint density at radius 3 is 2.28 bits per heavy atom. The zero-order valence-corrected chi connectivity index (χ0v) is 12.1. The van der Waals surface area contributed by atoms with Crippen LogP contribution in [0, 0.1) is 0 Å². The standard InChI is InChI=1S/C15H10O2.Ga/c16-13-10-15(11-6-2-1-3-7-11)17-14-9-5-4-8-12(13)14;/h1-10H;. The molecule has 2 nitrogen and oxygen atoms in total. The van der Waals surface area contributed by atoms with Gasteiger partial charge in [-0.15, -0.1) is 0 Å². The Labute approximate surface area is 117 Å². The molecule has 0 fully saturated rings. The fourth-order valence-corrected chi connectivity index (χ4v) is 1.85. The van der Waals surface area contributed by atoms with Crippen LogP contribution >= 0.6 is 0 Å². The third kappa shape index (κ3) is 2.28. The normalized spacial score (nSPS) is 10.0. The summed E-state index contributed by atoms with van der Waals surface area (Å²) in [6.07, 6.45) is 0. The van der Waals surface area contributed by atoms with Crippen LogP contribution in [0.4, 0.5) is 0 Å². The Balaban J connectivity index is 0.00000120. The summed E-state index contributed by atoms with van der Waals surface area (Å²) in [5.41, 5.74) is 1.53. The average molecular weight is 292 g/mol. The molecule has 0 atom stereocenters. The maximum atomic E-state index is 11.9. The van der Waals surface area contributed by atoms with Gasteiger partial charge < -0.3 is 4.42 Å². The van der Waals surface area contributed by atoms with Crippen molar-refractivity contribution in [1.82, 2.24) is 0 Å². The fourth-order valence-electron chi connectivity index (χ4n) is 1.85. The van der Waals surface area contributed by atoms with E-state index in [1.54, 1.807) is 6.07 Å². The quantitative estimate of drug-likeness (QED) is 0.645. The average Bonchev–Trinajstić information content (AvgIpc) is 2.40. The maximum Gasteiger partial charge on any atom is 0.193 e. The second kappa shape index (κ2) is 5.29. The van der Waals surface area contributed by atoms with Crippen molar-refractivity contribution in [2.24, 2.45) is 0 Å². The topological polar surface area (TPSA) is 30.2 Å². The first-order valence-electron chi connectivity index (χ1n) is 5.43. The molecule has 85 valence electrons. The predicted molar refractivity (Wildman–Crippen MR) is 73.7 cm³/mol. The molecule has 0 N–H and O–H groups in total. The number of benzene rings is 2. The van der Waals surface area contributed by atoms with E-state index in [4.69, 9.17) is 4.42 Å². The van der Waals surface area contributed by atoms with Crippen molar-refractivity contribution in [3.05, 3.63) is 70.9 Å². The molecule has 3 aromatic rings. The first-order valence-corrected chi connectivity index (χ1v) is 5.43. The van der Waals surface area contributed by atoms with E-state index in [0.717, 1.165) is 5.56 Å². The molecule has 1 aromatic heterocycles. The molecule has 0 saturated heterocycles. The van der Waals surface area contributed by atoms with Gasteiger partial charge in [0.25, 0.3) is 0 Å². The Morgan fingerprint density at radius 2 is 1.50 bits per heavy atom. The molecule has 0 bridgehead atoms. The number of rotatable bonds is 1. The van der Waals surface area contributed by atoms with Crippen LogP contribution in [0.1, 0.15) is 0 Å². The number of para-hydroxylation sites is 1. The van der Waals surface area contributed by atoms with Crippen LogP contribution in [-0.4, -0.2) is 19.8 Å². The smallest absolute Gasteiger partial charge is 0.193 e. The number of hydrogen-bond donors (Lipinski definition) is 0. The van der Waals surface area contributed by atoms with Gasteiger partial charge in [-0.3, -0.25) is 4.79 Å². The van der Waals surface area contributed by atoms with E-state index in [0.29, 0.717) is 16.7 Å². The van der Waals surface area contributed by atoms with Crippen LogP contribution in [0.2, 0.25) is 0 Å². The Morgan fingerprint density at radius 1 is 0.833 bits per heavy atom. The zero-order chi connectivity index (χ0) is 11.7. The molecule has 0 saturated carbocycles. The van der Waals surface area contributed by atoms with Gasteiger partial charge in [0.1, 0.15) is 11.3 Å². The molecule has 0 aliphatic rings. The van der Waals surface area contributed by atoms with E-state index in [9.17, 15) is 4.79 Å². The summed E-state index contributed by atoms with van der Waals surface area (Å²) in [5.74, 6) is 0.606. The van der Waals surface area contributed by atoms with Gasteiger partial charge in [-0.1, -0.05) is 42.5 Å². The van der Waals surface area contributed by atoms with Crippen LogP contribution < -0.4 is 5.43 Å². The van der Waals surface area contributed by atoms with Crippen LogP contribution in [-0.2, 0) is 0 Å². The van der Waals surface area contributed by atoms with E-state index in [1.807, 2.05) is 48.5 Å². The maximum absolute atomic E-state index is 11.9. The van der Waals surface area contributed by atoms with Crippen LogP contribution in [0.3, 0.4) is 0 Å². The van der Waals surface area contributed by atoms with Crippen molar-refractivity contribution in [3.8, 4) is 11.3 Å². The molecule has 0 amide bonds. The van der Waals surface area contributed by atoms with E-state index < -0.39 is 0 Å². The van der Waals surface area contributed by atoms with Crippen molar-refractivity contribution in [2.75, 3.05) is 0 Å². The molecule has 18 heavy (non-hydrogen) atoms. The predicted octanol–water partition coefficient (Wildman–Crippen LogP) is 3.08. The SMILES string of the molecule is O=c1cc(-c2ccccc2)oc2ccccc12.[Ga]. The van der Waals surface area contributed by atoms with Crippen LogP contribution in [0.15, 0.2) is 69.9 Å². The Hall–Kier alpha value is -1.71. The van der Waals surface area contributed by atoms with Gasteiger partial charge in [-0.25, -0.2) is 0 Å². The molecule has 3 rings (SSSR count). The van der Waals surface area contributed by atoms with E-state index >= 15 is 0 Å². The molecule has 0 aliphatic heterocycles. The molecule has 1 heterocycles. The Bertz CT molecular complexity index is 717. The molecule has 2 aromatic carbocycles. The van der Waals surface area contributed by atoms with Gasteiger partial charge >= 0.3 is 0 Å². The third-order valence-corrected chi connectivity index (χ3v) is 2.69. The van der Waals surface area contributed by atoms with Gasteiger partial charge in [0.15, 0.2) is 5.43 Å². The van der Waals surface area contributed by atoms with Crippen LogP contribution in [0.25, 0.3) is 22.3 Å². The molecule has 0 unspecified atom stereocenters. The van der Waals surface area contributed by atoms with E-state index in [2.05, 4.69) is 0 Å². The summed E-state index contributed by atoms with van der Waals surface area (Å²) >= 11 is 0. The summed E-state index contributed by atoms with van der Waals surface area (Å²) in [5, 5.41) is 0.618. The third-order valence-electron chi connectivity index (χ3n) is 2.69. The van der Waals surface area contributed by atoms with E-state index in [1.165, 1.54) is 6.07 Å². The first-order chi connectivity index (χ1) is 8.34. The summed E-state index contributed by atoms with van der Waals surface area (Å²) in [6, 6.07) is 18.4. The van der Waals surface area contributed by atoms with Crippen LogP contribution in [0.5, 0.6) is 0 Å². The van der Waals surface area contributed by atoms with Crippen molar-refractivity contribution in [3.63, 3.8) is 0 Å².